The van der Waals surface area contributed by atoms with E-state index in [-0.39, 0.29) is 23.3 Å². The average Bonchev–Trinajstić information content (AvgIpc) is 2.79. The van der Waals surface area contributed by atoms with Crippen LogP contribution in [0.15, 0.2) is 53.4 Å². The van der Waals surface area contributed by atoms with Gasteiger partial charge in [0.2, 0.25) is 15.9 Å². The molecule has 2 aromatic carbocycles. The first kappa shape index (κ1) is 22.1. The molecule has 0 bridgehead atoms. The molecule has 1 heterocycles. The summed E-state index contributed by atoms with van der Waals surface area (Å²) in [6.45, 7) is 1.04. The van der Waals surface area contributed by atoms with Crippen LogP contribution in [0.2, 0.25) is 0 Å². The molecule has 1 amide bonds. The van der Waals surface area contributed by atoms with E-state index in [1.165, 1.54) is 4.31 Å². The zero-order chi connectivity index (χ0) is 21.7. The summed E-state index contributed by atoms with van der Waals surface area (Å²) in [5, 5.41) is 0. The Morgan fingerprint density at radius 3 is 2.47 bits per heavy atom. The molecule has 1 saturated heterocycles. The Hall–Kier alpha value is -2.58. The highest BCUT2D eigenvalue weighted by atomic mass is 32.2. The number of methoxy groups -OCH3 is 2. The number of carbonyl (C=O) groups is 1. The van der Waals surface area contributed by atoms with Crippen LogP contribution in [0, 0.1) is 5.92 Å². The Balaban J connectivity index is 1.69. The number of benzene rings is 2. The molecular formula is C22H28N2O5S. The van der Waals surface area contributed by atoms with Crippen LogP contribution in [-0.4, -0.2) is 57.9 Å². The second kappa shape index (κ2) is 9.49. The van der Waals surface area contributed by atoms with Crippen molar-refractivity contribution in [1.29, 1.82) is 0 Å². The number of carbonyl (C=O) groups excluding carboxylic acids is 1. The van der Waals surface area contributed by atoms with Crippen molar-refractivity contribution in [3.05, 3.63) is 54.1 Å². The van der Waals surface area contributed by atoms with E-state index in [0.717, 1.165) is 5.56 Å². The largest absolute Gasteiger partial charge is 0.493 e. The second-order valence-corrected chi connectivity index (χ2v) is 9.34. The first-order valence-corrected chi connectivity index (χ1v) is 11.3. The molecular weight excluding hydrogens is 404 g/mol. The molecule has 0 aliphatic carbocycles. The number of ether oxygens (including phenoxy) is 2. The lowest BCUT2D eigenvalue weighted by atomic mass is 9.98. The van der Waals surface area contributed by atoms with Gasteiger partial charge in [0.15, 0.2) is 11.5 Å². The fourth-order valence-electron chi connectivity index (χ4n) is 3.75. The van der Waals surface area contributed by atoms with Crippen molar-refractivity contribution in [2.75, 3.05) is 34.4 Å². The van der Waals surface area contributed by atoms with E-state index < -0.39 is 10.0 Å². The minimum absolute atomic E-state index is 0.0576. The maximum absolute atomic E-state index is 13.0. The molecule has 1 aliphatic heterocycles. The summed E-state index contributed by atoms with van der Waals surface area (Å²) in [6, 6.07) is 13.9. The molecule has 1 atom stereocenters. The number of nitrogens with zero attached hydrogens (tertiary/aromatic N) is 2. The zero-order valence-electron chi connectivity index (χ0n) is 17.6. The molecule has 0 saturated carbocycles. The summed E-state index contributed by atoms with van der Waals surface area (Å²) in [5.74, 6) is 0.818. The minimum atomic E-state index is -3.60. The Morgan fingerprint density at radius 2 is 1.80 bits per heavy atom. The highest BCUT2D eigenvalue weighted by Crippen LogP contribution is 2.29. The Kier molecular flexibility index (Phi) is 6.99. The van der Waals surface area contributed by atoms with Crippen LogP contribution < -0.4 is 9.47 Å². The first-order valence-electron chi connectivity index (χ1n) is 9.88. The maximum atomic E-state index is 13.0. The van der Waals surface area contributed by atoms with E-state index in [1.54, 1.807) is 62.6 Å². The van der Waals surface area contributed by atoms with Crippen molar-refractivity contribution in [3.63, 3.8) is 0 Å². The third-order valence-electron chi connectivity index (χ3n) is 5.36. The van der Waals surface area contributed by atoms with Crippen molar-refractivity contribution in [2.24, 2.45) is 5.92 Å². The average molecular weight is 433 g/mol. The third kappa shape index (κ3) is 4.76. The highest BCUT2D eigenvalue weighted by molar-refractivity contribution is 7.89. The monoisotopic (exact) mass is 432 g/mol. The van der Waals surface area contributed by atoms with Gasteiger partial charge in [0, 0.05) is 26.7 Å². The number of hydrogen-bond donors (Lipinski definition) is 0. The van der Waals surface area contributed by atoms with E-state index in [9.17, 15) is 13.2 Å². The van der Waals surface area contributed by atoms with Crippen molar-refractivity contribution in [1.82, 2.24) is 9.21 Å². The van der Waals surface area contributed by atoms with Crippen LogP contribution in [0.25, 0.3) is 0 Å². The smallest absolute Gasteiger partial charge is 0.243 e. The van der Waals surface area contributed by atoms with Crippen molar-refractivity contribution in [3.8, 4) is 11.5 Å². The zero-order valence-corrected chi connectivity index (χ0v) is 18.4. The lowest BCUT2D eigenvalue weighted by Gasteiger charge is -2.33. The summed E-state index contributed by atoms with van der Waals surface area (Å²) >= 11 is 0. The predicted molar refractivity (Wildman–Crippen MR) is 114 cm³/mol. The predicted octanol–water partition coefficient (Wildman–Crippen LogP) is 2.76. The summed E-state index contributed by atoms with van der Waals surface area (Å²) in [4.78, 5) is 14.9. The van der Waals surface area contributed by atoms with Gasteiger partial charge in [-0.2, -0.15) is 4.31 Å². The summed E-state index contributed by atoms with van der Waals surface area (Å²) in [6.07, 6.45) is 1.34. The number of piperidine rings is 1. The van der Waals surface area contributed by atoms with E-state index in [4.69, 9.17) is 9.47 Å². The van der Waals surface area contributed by atoms with Crippen LogP contribution in [0.4, 0.5) is 0 Å². The van der Waals surface area contributed by atoms with Gasteiger partial charge in [-0.15, -0.1) is 0 Å². The number of sulfonamides is 1. The van der Waals surface area contributed by atoms with Gasteiger partial charge in [-0.25, -0.2) is 8.42 Å². The number of hydrogen-bond acceptors (Lipinski definition) is 5. The fraction of sp³-hybridized carbons (Fsp3) is 0.409. The lowest BCUT2D eigenvalue weighted by Crippen LogP contribution is -2.45. The quantitative estimate of drug-likeness (QED) is 0.673. The van der Waals surface area contributed by atoms with Gasteiger partial charge in [-0.05, 0) is 42.7 Å². The summed E-state index contributed by atoms with van der Waals surface area (Å²) < 4.78 is 37.9. The third-order valence-corrected chi connectivity index (χ3v) is 7.24. The Morgan fingerprint density at radius 1 is 1.10 bits per heavy atom. The van der Waals surface area contributed by atoms with Crippen LogP contribution in [0.1, 0.15) is 18.4 Å². The molecule has 1 fully saturated rings. The van der Waals surface area contributed by atoms with Gasteiger partial charge < -0.3 is 14.4 Å². The van der Waals surface area contributed by atoms with E-state index in [1.807, 2.05) is 12.1 Å². The van der Waals surface area contributed by atoms with Gasteiger partial charge in [0.05, 0.1) is 25.0 Å². The highest BCUT2D eigenvalue weighted by Gasteiger charge is 2.34. The molecule has 1 unspecified atom stereocenters. The van der Waals surface area contributed by atoms with E-state index >= 15 is 0 Å². The van der Waals surface area contributed by atoms with Crippen LogP contribution in [-0.2, 0) is 21.4 Å². The van der Waals surface area contributed by atoms with E-state index in [0.29, 0.717) is 37.4 Å². The van der Waals surface area contributed by atoms with Crippen molar-refractivity contribution < 1.29 is 22.7 Å². The van der Waals surface area contributed by atoms with Gasteiger partial charge in [0.25, 0.3) is 0 Å². The molecule has 0 aromatic heterocycles. The second-order valence-electron chi connectivity index (χ2n) is 7.40. The van der Waals surface area contributed by atoms with Gasteiger partial charge in [-0.3, -0.25) is 4.79 Å². The normalized spacial score (nSPS) is 17.4. The first-order chi connectivity index (χ1) is 14.4. The molecule has 3 rings (SSSR count). The molecule has 1 aliphatic rings. The molecule has 30 heavy (non-hydrogen) atoms. The minimum Gasteiger partial charge on any atom is -0.493 e. The Labute approximate surface area is 178 Å². The van der Waals surface area contributed by atoms with Gasteiger partial charge in [-0.1, -0.05) is 24.3 Å². The Bertz CT molecular complexity index is 978. The fourth-order valence-corrected chi connectivity index (χ4v) is 5.29. The molecule has 7 nitrogen and oxygen atoms in total. The number of amides is 1. The SMILES string of the molecule is COc1ccc(CN(C)C(=O)C2CCCN(S(=O)(=O)c3ccccc3)C2)cc1OC. The summed E-state index contributed by atoms with van der Waals surface area (Å²) in [5.41, 5.74) is 0.910. The van der Waals surface area contributed by atoms with Gasteiger partial charge >= 0.3 is 0 Å². The van der Waals surface area contributed by atoms with E-state index in [2.05, 4.69) is 0 Å². The standard InChI is InChI=1S/C22H28N2O5S/c1-23(15-17-11-12-20(28-2)21(14-17)29-3)22(25)18-8-7-13-24(16-18)30(26,27)19-9-5-4-6-10-19/h4-6,9-12,14,18H,7-8,13,15-16H2,1-3H3. The lowest BCUT2D eigenvalue weighted by molar-refractivity contribution is -0.135. The molecule has 8 heteroatoms. The molecule has 162 valence electrons. The molecule has 0 spiro atoms. The van der Waals surface area contributed by atoms with Crippen LogP contribution in [0.3, 0.4) is 0 Å². The maximum Gasteiger partial charge on any atom is 0.243 e. The van der Waals surface area contributed by atoms with Crippen molar-refractivity contribution in [2.45, 2.75) is 24.3 Å². The van der Waals surface area contributed by atoms with Crippen LogP contribution >= 0.6 is 0 Å². The summed E-state index contributed by atoms with van der Waals surface area (Å²) in [7, 11) is 1.29. The molecule has 0 N–H and O–H groups in total. The molecule has 2 aromatic rings. The molecule has 0 radical (unpaired) electrons. The van der Waals surface area contributed by atoms with Gasteiger partial charge in [0.1, 0.15) is 0 Å². The number of rotatable bonds is 7. The topological polar surface area (TPSA) is 76.2 Å². The van der Waals surface area contributed by atoms with Crippen molar-refractivity contribution >= 4 is 15.9 Å². The van der Waals surface area contributed by atoms with Crippen LogP contribution in [0.5, 0.6) is 11.5 Å².